The van der Waals surface area contributed by atoms with E-state index in [1.165, 1.54) is 0 Å². The van der Waals surface area contributed by atoms with Crippen LogP contribution in [0.25, 0.3) is 0 Å². The molecule has 1 radical (unpaired) electrons. The van der Waals surface area contributed by atoms with Crippen molar-refractivity contribution < 1.29 is 0 Å². The van der Waals surface area contributed by atoms with Gasteiger partial charge in [0, 0.05) is 31.3 Å². The zero-order valence-electron chi connectivity index (χ0n) is 5.20. The van der Waals surface area contributed by atoms with E-state index in [4.69, 9.17) is 5.26 Å². The van der Waals surface area contributed by atoms with Crippen LogP contribution in [0.4, 0.5) is 0 Å². The Morgan fingerprint density at radius 1 is 1.33 bits per heavy atom. The molecule has 2 nitrogen and oxygen atoms in total. The Morgan fingerprint density at radius 3 is 2.22 bits per heavy atom. The monoisotopic (exact) mass is 111 g/mol. The molecule has 0 spiro atoms. The molecule has 0 bridgehead atoms. The fraction of sp³-hybridized carbons (Fsp3) is 0. The van der Waals surface area contributed by atoms with Gasteiger partial charge in [-0.05, 0) is 12.1 Å². The van der Waals surface area contributed by atoms with Gasteiger partial charge in [-0.15, -0.1) is 0 Å². The summed E-state index contributed by atoms with van der Waals surface area (Å²) in [6, 6.07) is 5.32. The van der Waals surface area contributed by atoms with Crippen LogP contribution < -0.4 is 0 Å². The largest absolute Gasteiger partial charge is 0.265 e. The van der Waals surface area contributed by atoms with Crippen molar-refractivity contribution in [3.63, 3.8) is 0 Å². The van der Waals surface area contributed by atoms with E-state index in [0.717, 1.165) is 0 Å². The van der Waals surface area contributed by atoms with E-state index in [0.29, 0.717) is 5.56 Å². The molecule has 0 aromatic carbocycles. The van der Waals surface area contributed by atoms with E-state index in [1.807, 2.05) is 6.07 Å². The fourth-order valence-electron chi connectivity index (χ4n) is 0.426. The molecular formula is C6H4LiN2. The van der Waals surface area contributed by atoms with Crippen molar-refractivity contribution in [2.45, 2.75) is 0 Å². The molecule has 0 aliphatic heterocycles. The van der Waals surface area contributed by atoms with Gasteiger partial charge in [0.1, 0.15) is 0 Å². The van der Waals surface area contributed by atoms with Crippen molar-refractivity contribution in [2.75, 3.05) is 0 Å². The number of hydrogen-bond acceptors (Lipinski definition) is 2. The second kappa shape index (κ2) is 4.15. The van der Waals surface area contributed by atoms with Crippen LogP contribution in [-0.2, 0) is 0 Å². The average molecular weight is 111 g/mol. The minimum absolute atomic E-state index is 0. The van der Waals surface area contributed by atoms with Crippen LogP contribution in [0.1, 0.15) is 5.56 Å². The third kappa shape index (κ3) is 2.33. The van der Waals surface area contributed by atoms with Gasteiger partial charge in [-0.2, -0.15) is 5.26 Å². The number of aromatic nitrogens is 1. The van der Waals surface area contributed by atoms with E-state index in [9.17, 15) is 0 Å². The van der Waals surface area contributed by atoms with Crippen LogP contribution >= 0.6 is 0 Å². The number of pyridine rings is 1. The molecule has 0 fully saturated rings. The fourth-order valence-corrected chi connectivity index (χ4v) is 0.426. The summed E-state index contributed by atoms with van der Waals surface area (Å²) in [6.45, 7) is 0. The standard InChI is InChI=1S/C6H4N2.Li/c7-5-6-1-3-8-4-2-6;/h1-4H;. The SMILES string of the molecule is N#Cc1ccncc1.[Li]. The number of nitrogens with zero attached hydrogens (tertiary/aromatic N) is 2. The second-order valence-corrected chi connectivity index (χ2v) is 1.35. The molecule has 3 heteroatoms. The normalized spacial score (nSPS) is 7.00. The maximum Gasteiger partial charge on any atom is 0.0992 e. The van der Waals surface area contributed by atoms with Gasteiger partial charge in [0.15, 0.2) is 0 Å². The van der Waals surface area contributed by atoms with Crippen molar-refractivity contribution in [1.29, 1.82) is 5.26 Å². The molecule has 1 rings (SSSR count). The molecule has 0 aliphatic carbocycles. The smallest absolute Gasteiger partial charge is 0.0992 e. The van der Waals surface area contributed by atoms with Gasteiger partial charge < -0.3 is 0 Å². The Kier molecular flexibility index (Phi) is 3.80. The molecule has 9 heavy (non-hydrogen) atoms. The Balaban J connectivity index is 0.000000640. The molecule has 1 aromatic rings. The summed E-state index contributed by atoms with van der Waals surface area (Å²) >= 11 is 0. The Morgan fingerprint density at radius 2 is 1.89 bits per heavy atom. The molecular weight excluding hydrogens is 107 g/mol. The maximum atomic E-state index is 8.26. The average Bonchev–Trinajstić information content (AvgIpc) is 1.90. The van der Waals surface area contributed by atoms with Crippen molar-refractivity contribution >= 4 is 18.9 Å². The Bertz CT molecular complexity index is 202. The zero-order chi connectivity index (χ0) is 5.82. The predicted molar refractivity (Wildman–Crippen MR) is 34.7 cm³/mol. The van der Waals surface area contributed by atoms with Gasteiger partial charge in [0.05, 0.1) is 11.6 Å². The van der Waals surface area contributed by atoms with Crippen molar-refractivity contribution in [3.8, 4) is 6.07 Å². The third-order valence-electron chi connectivity index (χ3n) is 0.809. The Labute approximate surface area is 65.7 Å². The van der Waals surface area contributed by atoms with Crippen LogP contribution in [-0.4, -0.2) is 23.8 Å². The minimum Gasteiger partial charge on any atom is -0.265 e. The third-order valence-corrected chi connectivity index (χ3v) is 0.809. The molecule has 39 valence electrons. The summed E-state index contributed by atoms with van der Waals surface area (Å²) in [7, 11) is 0. The summed E-state index contributed by atoms with van der Waals surface area (Å²) in [5.74, 6) is 0. The first-order chi connectivity index (χ1) is 3.93. The Hall–Kier alpha value is -0.763. The van der Waals surface area contributed by atoms with E-state index in [-0.39, 0.29) is 18.9 Å². The van der Waals surface area contributed by atoms with Crippen molar-refractivity contribution in [2.24, 2.45) is 0 Å². The van der Waals surface area contributed by atoms with Crippen LogP contribution in [0.5, 0.6) is 0 Å². The predicted octanol–water partition coefficient (Wildman–Crippen LogP) is 0.572. The van der Waals surface area contributed by atoms with Crippen LogP contribution in [0.15, 0.2) is 24.5 Å². The van der Waals surface area contributed by atoms with E-state index < -0.39 is 0 Å². The quantitative estimate of drug-likeness (QED) is 0.459. The first-order valence-electron chi connectivity index (χ1n) is 2.23. The summed E-state index contributed by atoms with van der Waals surface area (Å²) in [6.07, 6.45) is 3.19. The van der Waals surface area contributed by atoms with Crippen LogP contribution in [0.3, 0.4) is 0 Å². The molecule has 0 saturated heterocycles. The minimum atomic E-state index is 0. The van der Waals surface area contributed by atoms with E-state index >= 15 is 0 Å². The number of hydrogen-bond donors (Lipinski definition) is 0. The van der Waals surface area contributed by atoms with Crippen molar-refractivity contribution in [3.05, 3.63) is 30.1 Å². The number of rotatable bonds is 0. The first kappa shape index (κ1) is 8.24. The molecule has 0 aliphatic rings. The molecule has 0 amide bonds. The zero-order valence-corrected chi connectivity index (χ0v) is 5.20. The molecule has 0 N–H and O–H groups in total. The molecule has 1 aromatic heterocycles. The van der Waals surface area contributed by atoms with Crippen molar-refractivity contribution in [1.82, 2.24) is 4.98 Å². The van der Waals surface area contributed by atoms with Crippen LogP contribution in [0, 0.1) is 11.3 Å². The van der Waals surface area contributed by atoms with Gasteiger partial charge in [-0.3, -0.25) is 4.98 Å². The van der Waals surface area contributed by atoms with Gasteiger partial charge in [0.2, 0.25) is 0 Å². The van der Waals surface area contributed by atoms with E-state index in [1.54, 1.807) is 24.5 Å². The van der Waals surface area contributed by atoms with Gasteiger partial charge in [0.25, 0.3) is 0 Å². The summed E-state index contributed by atoms with van der Waals surface area (Å²) < 4.78 is 0. The van der Waals surface area contributed by atoms with E-state index in [2.05, 4.69) is 4.98 Å². The number of nitriles is 1. The van der Waals surface area contributed by atoms with Crippen LogP contribution in [0.2, 0.25) is 0 Å². The molecule has 0 atom stereocenters. The molecule has 0 saturated carbocycles. The van der Waals surface area contributed by atoms with Gasteiger partial charge in [-0.25, -0.2) is 0 Å². The maximum absolute atomic E-state index is 8.26. The summed E-state index contributed by atoms with van der Waals surface area (Å²) in [4.78, 5) is 3.74. The topological polar surface area (TPSA) is 36.7 Å². The second-order valence-electron chi connectivity index (χ2n) is 1.35. The van der Waals surface area contributed by atoms with Gasteiger partial charge >= 0.3 is 0 Å². The summed E-state index contributed by atoms with van der Waals surface area (Å²) in [5.41, 5.74) is 0.653. The summed E-state index contributed by atoms with van der Waals surface area (Å²) in [5, 5.41) is 8.26. The molecule has 0 unspecified atom stereocenters. The van der Waals surface area contributed by atoms with Gasteiger partial charge in [-0.1, -0.05) is 0 Å². The first-order valence-corrected chi connectivity index (χ1v) is 2.23. The molecule has 1 heterocycles.